The molecule has 88 valence electrons. The fourth-order valence-electron chi connectivity index (χ4n) is 1.32. The molecular weight excluding hydrogens is 222 g/mol. The van der Waals surface area contributed by atoms with Crippen LogP contribution in [0.2, 0.25) is 0 Å². The van der Waals surface area contributed by atoms with Crippen LogP contribution < -0.4 is 16.8 Å². The van der Waals surface area contributed by atoms with Crippen LogP contribution in [0.15, 0.2) is 29.1 Å². The van der Waals surface area contributed by atoms with Crippen LogP contribution in [-0.2, 0) is 6.54 Å². The standard InChI is InChI=1S/C10H11N5O2/c11-7-3-6(10(12)16)1-2-8(7)13-4-9-14-5-17-15-9/h1-3,5,13H,4,11H2,(H2,12,16). The first kappa shape index (κ1) is 10.9. The molecule has 1 aromatic heterocycles. The van der Waals surface area contributed by atoms with Crippen molar-refractivity contribution < 1.29 is 9.32 Å². The molecule has 1 aromatic carbocycles. The summed E-state index contributed by atoms with van der Waals surface area (Å²) in [5.41, 5.74) is 12.4. The van der Waals surface area contributed by atoms with Crippen LogP contribution >= 0.6 is 0 Å². The highest BCUT2D eigenvalue weighted by Crippen LogP contribution is 2.20. The van der Waals surface area contributed by atoms with Gasteiger partial charge in [-0.3, -0.25) is 4.79 Å². The highest BCUT2D eigenvalue weighted by molar-refractivity contribution is 5.94. The predicted octanol–water partition coefficient (Wildman–Crippen LogP) is 0.363. The molecule has 0 aliphatic heterocycles. The lowest BCUT2D eigenvalue weighted by Gasteiger charge is -2.08. The number of amides is 1. The van der Waals surface area contributed by atoms with Crippen molar-refractivity contribution in [2.24, 2.45) is 5.73 Å². The minimum absolute atomic E-state index is 0.368. The molecule has 0 spiro atoms. The zero-order valence-electron chi connectivity index (χ0n) is 8.88. The Morgan fingerprint density at radius 2 is 2.29 bits per heavy atom. The van der Waals surface area contributed by atoms with Gasteiger partial charge in [0.1, 0.15) is 0 Å². The molecule has 0 saturated carbocycles. The van der Waals surface area contributed by atoms with Crippen molar-refractivity contribution in [3.63, 3.8) is 0 Å². The number of anilines is 2. The van der Waals surface area contributed by atoms with Crippen molar-refractivity contribution in [2.75, 3.05) is 11.1 Å². The van der Waals surface area contributed by atoms with Gasteiger partial charge in [-0.15, -0.1) is 0 Å². The number of carbonyl (C=O) groups is 1. The summed E-state index contributed by atoms with van der Waals surface area (Å²) in [7, 11) is 0. The Labute approximate surface area is 96.8 Å². The number of hydrogen-bond donors (Lipinski definition) is 3. The van der Waals surface area contributed by atoms with E-state index >= 15 is 0 Å². The number of nitrogens with zero attached hydrogens (tertiary/aromatic N) is 2. The van der Waals surface area contributed by atoms with E-state index in [4.69, 9.17) is 11.5 Å². The Balaban J connectivity index is 2.09. The van der Waals surface area contributed by atoms with Gasteiger partial charge in [-0.2, -0.15) is 4.98 Å². The van der Waals surface area contributed by atoms with Crippen molar-refractivity contribution in [3.05, 3.63) is 36.0 Å². The van der Waals surface area contributed by atoms with Crippen LogP contribution in [0.5, 0.6) is 0 Å². The molecule has 1 heterocycles. The fourth-order valence-corrected chi connectivity index (χ4v) is 1.32. The summed E-state index contributed by atoms with van der Waals surface area (Å²) >= 11 is 0. The summed E-state index contributed by atoms with van der Waals surface area (Å²) in [5.74, 6) is 0.00444. The summed E-state index contributed by atoms with van der Waals surface area (Å²) in [6.07, 6.45) is 1.25. The largest absolute Gasteiger partial charge is 0.397 e. The molecule has 17 heavy (non-hydrogen) atoms. The summed E-state index contributed by atoms with van der Waals surface area (Å²) in [4.78, 5) is 14.8. The van der Waals surface area contributed by atoms with Crippen LogP contribution in [0.4, 0.5) is 11.4 Å². The van der Waals surface area contributed by atoms with Crippen molar-refractivity contribution >= 4 is 17.3 Å². The summed E-state index contributed by atoms with van der Waals surface area (Å²) in [6.45, 7) is 0.386. The maximum Gasteiger partial charge on any atom is 0.248 e. The Morgan fingerprint density at radius 1 is 1.47 bits per heavy atom. The zero-order valence-corrected chi connectivity index (χ0v) is 8.88. The molecule has 0 aliphatic rings. The van der Waals surface area contributed by atoms with E-state index in [2.05, 4.69) is 20.0 Å². The molecular formula is C10H11N5O2. The van der Waals surface area contributed by atoms with E-state index in [-0.39, 0.29) is 0 Å². The van der Waals surface area contributed by atoms with Gasteiger partial charge < -0.3 is 21.3 Å². The fraction of sp³-hybridized carbons (Fsp3) is 0.100. The van der Waals surface area contributed by atoms with E-state index in [0.29, 0.717) is 29.3 Å². The van der Waals surface area contributed by atoms with E-state index in [1.165, 1.54) is 12.5 Å². The van der Waals surface area contributed by atoms with Gasteiger partial charge in [-0.05, 0) is 18.2 Å². The van der Waals surface area contributed by atoms with E-state index in [1.54, 1.807) is 12.1 Å². The average Bonchev–Trinajstić information content (AvgIpc) is 2.80. The lowest BCUT2D eigenvalue weighted by molar-refractivity contribution is 0.100. The first-order valence-corrected chi connectivity index (χ1v) is 4.85. The molecule has 0 radical (unpaired) electrons. The second-order valence-corrected chi connectivity index (χ2v) is 3.37. The predicted molar refractivity (Wildman–Crippen MR) is 61.0 cm³/mol. The van der Waals surface area contributed by atoms with Gasteiger partial charge in [0.15, 0.2) is 5.82 Å². The Hall–Kier alpha value is -2.57. The highest BCUT2D eigenvalue weighted by atomic mass is 16.5. The van der Waals surface area contributed by atoms with Crippen LogP contribution in [0.1, 0.15) is 16.2 Å². The number of benzene rings is 1. The third-order valence-electron chi connectivity index (χ3n) is 2.18. The molecule has 7 nitrogen and oxygen atoms in total. The van der Waals surface area contributed by atoms with Crippen LogP contribution in [0, 0.1) is 0 Å². The van der Waals surface area contributed by atoms with Crippen molar-refractivity contribution in [3.8, 4) is 0 Å². The molecule has 7 heteroatoms. The number of hydrogen-bond acceptors (Lipinski definition) is 6. The van der Waals surface area contributed by atoms with Gasteiger partial charge in [-0.1, -0.05) is 5.16 Å². The van der Waals surface area contributed by atoms with Crippen molar-refractivity contribution in [1.82, 2.24) is 10.1 Å². The lowest BCUT2D eigenvalue weighted by atomic mass is 10.1. The number of rotatable bonds is 4. The number of nitrogens with one attached hydrogen (secondary N) is 1. The maximum atomic E-state index is 10.9. The van der Waals surface area contributed by atoms with Crippen molar-refractivity contribution in [1.29, 1.82) is 0 Å². The Morgan fingerprint density at radius 3 is 2.88 bits per heavy atom. The van der Waals surface area contributed by atoms with Gasteiger partial charge >= 0.3 is 0 Å². The van der Waals surface area contributed by atoms with Crippen LogP contribution in [0.25, 0.3) is 0 Å². The lowest BCUT2D eigenvalue weighted by Crippen LogP contribution is -2.12. The topological polar surface area (TPSA) is 120 Å². The quantitative estimate of drug-likeness (QED) is 0.656. The second kappa shape index (κ2) is 4.52. The molecule has 5 N–H and O–H groups in total. The molecule has 0 saturated heterocycles. The number of nitrogens with two attached hydrogens (primary N) is 2. The summed E-state index contributed by atoms with van der Waals surface area (Å²) < 4.78 is 4.59. The molecule has 0 bridgehead atoms. The average molecular weight is 233 g/mol. The molecule has 0 aliphatic carbocycles. The minimum atomic E-state index is -0.513. The molecule has 2 aromatic rings. The molecule has 0 fully saturated rings. The zero-order chi connectivity index (χ0) is 12.3. The van der Waals surface area contributed by atoms with E-state index in [0.717, 1.165) is 0 Å². The SMILES string of the molecule is NC(=O)c1ccc(NCc2ncon2)c(N)c1. The Kier molecular flexibility index (Phi) is 2.91. The van der Waals surface area contributed by atoms with Gasteiger partial charge in [0.05, 0.1) is 17.9 Å². The maximum absolute atomic E-state index is 10.9. The molecule has 0 unspecified atom stereocenters. The van der Waals surface area contributed by atoms with E-state index < -0.39 is 5.91 Å². The summed E-state index contributed by atoms with van der Waals surface area (Å²) in [5, 5.41) is 6.66. The third kappa shape index (κ3) is 2.51. The van der Waals surface area contributed by atoms with Gasteiger partial charge in [0, 0.05) is 5.56 Å². The number of nitrogen functional groups attached to an aromatic ring is 1. The molecule has 0 atom stereocenters. The number of aromatic nitrogens is 2. The minimum Gasteiger partial charge on any atom is -0.397 e. The first-order chi connectivity index (χ1) is 8.16. The van der Waals surface area contributed by atoms with Crippen LogP contribution in [-0.4, -0.2) is 16.0 Å². The normalized spacial score (nSPS) is 10.1. The third-order valence-corrected chi connectivity index (χ3v) is 2.18. The number of carbonyl (C=O) groups excluding carboxylic acids is 1. The Bertz CT molecular complexity index is 523. The second-order valence-electron chi connectivity index (χ2n) is 3.37. The van der Waals surface area contributed by atoms with Crippen molar-refractivity contribution in [2.45, 2.75) is 6.54 Å². The smallest absolute Gasteiger partial charge is 0.248 e. The first-order valence-electron chi connectivity index (χ1n) is 4.85. The number of primary amides is 1. The van der Waals surface area contributed by atoms with Gasteiger partial charge in [-0.25, -0.2) is 0 Å². The van der Waals surface area contributed by atoms with Gasteiger partial charge in [0.2, 0.25) is 12.3 Å². The summed E-state index contributed by atoms with van der Waals surface area (Å²) in [6, 6.07) is 4.79. The highest BCUT2D eigenvalue weighted by Gasteiger charge is 2.05. The molecule has 2 rings (SSSR count). The van der Waals surface area contributed by atoms with Crippen LogP contribution in [0.3, 0.4) is 0 Å². The van der Waals surface area contributed by atoms with E-state index in [9.17, 15) is 4.79 Å². The van der Waals surface area contributed by atoms with E-state index in [1.807, 2.05) is 0 Å². The monoisotopic (exact) mass is 233 g/mol. The van der Waals surface area contributed by atoms with Gasteiger partial charge in [0.25, 0.3) is 0 Å². The molecule has 1 amide bonds.